The summed E-state index contributed by atoms with van der Waals surface area (Å²) in [7, 11) is -0.131. The fourth-order valence-corrected chi connectivity index (χ4v) is 23.8. The molecule has 2 N–H and O–H groups in total. The van der Waals surface area contributed by atoms with Crippen LogP contribution in [0.4, 0.5) is 0 Å². The van der Waals surface area contributed by atoms with Gasteiger partial charge in [-0.3, -0.25) is 0 Å². The van der Waals surface area contributed by atoms with Crippen LogP contribution >= 0.6 is 15.8 Å². The quantitative estimate of drug-likeness (QED) is 0.262. The highest BCUT2D eigenvalue weighted by Crippen LogP contribution is 2.80. The van der Waals surface area contributed by atoms with Gasteiger partial charge < -0.3 is 10.6 Å². The minimum Gasteiger partial charge on any atom is -0.316 e. The Hall–Kier alpha value is -0.0000000000000000555. The van der Waals surface area contributed by atoms with Crippen LogP contribution in [0.15, 0.2) is 12.1 Å². The molecule has 2 atom stereocenters. The number of hydrogen-bond acceptors (Lipinski definition) is 2. The maximum absolute atomic E-state index is 3.90. The second kappa shape index (κ2) is 13.3. The van der Waals surface area contributed by atoms with E-state index in [9.17, 15) is 0 Å². The van der Waals surface area contributed by atoms with Crippen LogP contribution in [0.5, 0.6) is 0 Å². The fourth-order valence-electron chi connectivity index (χ4n) is 15.0. The first-order chi connectivity index (χ1) is 23.9. The lowest BCUT2D eigenvalue weighted by molar-refractivity contribution is 0.0184. The van der Waals surface area contributed by atoms with Crippen molar-refractivity contribution in [3.05, 3.63) is 34.4 Å². The Balaban J connectivity index is 1.17. The van der Waals surface area contributed by atoms with Gasteiger partial charge >= 0.3 is 0 Å². The highest BCUT2D eigenvalue weighted by atomic mass is 31.1. The Labute approximate surface area is 310 Å². The van der Waals surface area contributed by atoms with Gasteiger partial charge in [0.25, 0.3) is 0 Å². The molecule has 10 fully saturated rings. The average molecular weight is 717 g/mol. The van der Waals surface area contributed by atoms with Crippen molar-refractivity contribution in [2.24, 2.45) is 35.5 Å². The van der Waals surface area contributed by atoms with Crippen molar-refractivity contribution in [1.82, 2.24) is 10.6 Å². The highest BCUT2D eigenvalue weighted by molar-refractivity contribution is 7.60. The van der Waals surface area contributed by atoms with Crippen molar-refractivity contribution in [3.8, 4) is 0 Å². The molecule has 50 heavy (non-hydrogen) atoms. The molecule has 8 bridgehead atoms. The summed E-state index contributed by atoms with van der Waals surface area (Å²) in [5, 5.41) is 9.19. The van der Waals surface area contributed by atoms with Gasteiger partial charge in [0, 0.05) is 13.1 Å². The zero-order valence-corrected chi connectivity index (χ0v) is 35.0. The largest absolute Gasteiger partial charge is 0.316 e. The van der Waals surface area contributed by atoms with E-state index in [4.69, 9.17) is 0 Å². The molecule has 4 heteroatoms. The molecule has 0 spiro atoms. The predicted octanol–water partition coefficient (Wildman–Crippen LogP) is 11.7. The van der Waals surface area contributed by atoms with Gasteiger partial charge in [-0.15, -0.1) is 0 Å². The first kappa shape index (κ1) is 35.7. The third kappa shape index (κ3) is 6.68. The van der Waals surface area contributed by atoms with Gasteiger partial charge in [-0.2, -0.15) is 0 Å². The summed E-state index contributed by atoms with van der Waals surface area (Å²) < 4.78 is 0. The maximum atomic E-state index is 3.90. The smallest absolute Gasteiger partial charge is 0.00191 e. The van der Waals surface area contributed by atoms with E-state index >= 15 is 0 Å². The van der Waals surface area contributed by atoms with Crippen molar-refractivity contribution in [3.63, 3.8) is 0 Å². The average Bonchev–Trinajstić information content (AvgIpc) is 3.04. The van der Waals surface area contributed by atoms with Crippen LogP contribution in [0, 0.1) is 35.5 Å². The summed E-state index contributed by atoms with van der Waals surface area (Å²) in [4.78, 5) is 0. The molecule has 8 saturated carbocycles. The molecule has 10 aliphatic rings. The van der Waals surface area contributed by atoms with E-state index in [1.165, 1.54) is 64.2 Å². The summed E-state index contributed by atoms with van der Waals surface area (Å²) in [6.07, 6.45) is 27.9. The topological polar surface area (TPSA) is 24.1 Å². The molecule has 2 heterocycles. The van der Waals surface area contributed by atoms with Crippen molar-refractivity contribution < 1.29 is 0 Å². The van der Waals surface area contributed by atoms with Gasteiger partial charge in [0.15, 0.2) is 0 Å². The standard InChI is InChI=1S/C46H74N2P2/c1-43(2,3)41-19-37(29-49(39-9-7-11-47-27-39)40-10-8-12-48-28-40)38(20-42(41)44(4,5)6)30-50(45-21-31-13-32(22-45)15-33(14-31)23-45)46-24-34-16-35(25-46)18-36(17-34)26-46/h19-20,31-36,39-40,47-48H,7-18,21-30H2,1-6H3. The Morgan fingerprint density at radius 2 is 0.920 bits per heavy atom. The summed E-state index contributed by atoms with van der Waals surface area (Å²) >= 11 is 0. The Morgan fingerprint density at radius 1 is 0.560 bits per heavy atom. The summed E-state index contributed by atoms with van der Waals surface area (Å²) in [5.74, 6) is 6.41. The molecule has 1 aromatic carbocycles. The number of benzene rings is 1. The molecule has 2 aliphatic heterocycles. The van der Waals surface area contributed by atoms with Gasteiger partial charge in [-0.25, -0.2) is 0 Å². The SMILES string of the molecule is CC(C)(C)c1cc(CP(C2CCCNC2)C2CCCNC2)c(CP(C23CC4CC(CC(C4)C2)C3)C23CC4CC(CC(C4)C2)C3)cc1C(C)(C)C. The number of nitrogens with one attached hydrogen (secondary N) is 2. The van der Waals surface area contributed by atoms with Gasteiger partial charge in [0.05, 0.1) is 0 Å². The zero-order chi connectivity index (χ0) is 34.5. The Bertz CT molecular complexity index is 1260. The van der Waals surface area contributed by atoms with Crippen LogP contribution in [0.3, 0.4) is 0 Å². The minimum absolute atomic E-state index is 0.0588. The third-order valence-corrected chi connectivity index (χ3v) is 23.8. The van der Waals surface area contributed by atoms with Crippen LogP contribution in [0.1, 0.15) is 167 Å². The Morgan fingerprint density at radius 3 is 1.24 bits per heavy atom. The van der Waals surface area contributed by atoms with E-state index in [0.29, 0.717) is 10.3 Å². The molecule has 0 aromatic heterocycles. The van der Waals surface area contributed by atoms with Crippen molar-refractivity contribution >= 4 is 15.8 Å². The van der Waals surface area contributed by atoms with Crippen LogP contribution in [-0.2, 0) is 23.2 Å². The lowest BCUT2D eigenvalue weighted by atomic mass is 9.55. The molecule has 0 amide bonds. The second-order valence-corrected chi connectivity index (χ2v) is 28.1. The molecular formula is C46H74N2P2. The van der Waals surface area contributed by atoms with Gasteiger partial charge in [0.1, 0.15) is 0 Å². The van der Waals surface area contributed by atoms with Crippen molar-refractivity contribution in [2.75, 3.05) is 26.2 Å². The second-order valence-electron chi connectivity index (χ2n) is 22.2. The van der Waals surface area contributed by atoms with E-state index in [1.54, 1.807) is 88.2 Å². The van der Waals surface area contributed by atoms with E-state index in [1.807, 2.05) is 11.1 Å². The Kier molecular flexibility index (Phi) is 9.52. The van der Waals surface area contributed by atoms with Crippen molar-refractivity contribution in [1.29, 1.82) is 0 Å². The first-order valence-electron chi connectivity index (χ1n) is 22.0. The summed E-state index contributed by atoms with van der Waals surface area (Å²) in [6.45, 7) is 20.1. The zero-order valence-electron chi connectivity index (χ0n) is 33.2. The van der Waals surface area contributed by atoms with Crippen LogP contribution in [0.25, 0.3) is 0 Å². The molecule has 8 aliphatic carbocycles. The molecule has 2 unspecified atom stereocenters. The summed E-state index contributed by atoms with van der Waals surface area (Å²) in [6, 6.07) is 5.79. The third-order valence-electron chi connectivity index (χ3n) is 16.3. The molecule has 2 nitrogen and oxygen atoms in total. The number of piperidine rings is 2. The lowest BCUT2D eigenvalue weighted by Crippen LogP contribution is -2.56. The van der Waals surface area contributed by atoms with Gasteiger partial charge in [-0.05, 0) is 218 Å². The molecule has 0 radical (unpaired) electrons. The molecular weight excluding hydrogens is 642 g/mol. The van der Waals surface area contributed by atoms with E-state index < -0.39 is 0 Å². The molecule has 1 aromatic rings. The summed E-state index contributed by atoms with van der Waals surface area (Å²) in [5.41, 5.74) is 9.18. The molecule has 11 rings (SSSR count). The number of hydrogen-bond donors (Lipinski definition) is 2. The van der Waals surface area contributed by atoms with Gasteiger partial charge in [0.2, 0.25) is 0 Å². The van der Waals surface area contributed by atoms with Crippen LogP contribution in [-0.4, -0.2) is 47.8 Å². The van der Waals surface area contributed by atoms with Crippen LogP contribution < -0.4 is 10.6 Å². The molecule has 2 saturated heterocycles. The van der Waals surface area contributed by atoms with E-state index in [-0.39, 0.29) is 26.7 Å². The van der Waals surface area contributed by atoms with E-state index in [2.05, 4.69) is 64.3 Å². The maximum Gasteiger partial charge on any atom is 0.00191 e. The highest BCUT2D eigenvalue weighted by Gasteiger charge is 2.62. The first-order valence-corrected chi connectivity index (χ1v) is 25.2. The lowest BCUT2D eigenvalue weighted by Gasteiger charge is -2.67. The minimum atomic E-state index is -0.0723. The normalized spacial score (nSPS) is 42.2. The van der Waals surface area contributed by atoms with E-state index in [0.717, 1.165) is 46.8 Å². The predicted molar refractivity (Wildman–Crippen MR) is 219 cm³/mol. The monoisotopic (exact) mass is 717 g/mol. The fraction of sp³-hybridized carbons (Fsp3) is 0.870. The number of rotatable bonds is 8. The van der Waals surface area contributed by atoms with Gasteiger partial charge in [-0.1, -0.05) is 69.5 Å². The van der Waals surface area contributed by atoms with Crippen molar-refractivity contribution in [2.45, 2.75) is 189 Å². The van der Waals surface area contributed by atoms with Crippen LogP contribution in [0.2, 0.25) is 0 Å². The molecule has 278 valence electrons.